The van der Waals surface area contributed by atoms with E-state index in [1.807, 2.05) is 6.92 Å². The maximum Gasteiger partial charge on any atom is 0.177 e. The van der Waals surface area contributed by atoms with Crippen molar-refractivity contribution >= 4 is 27.1 Å². The molecule has 0 spiro atoms. The van der Waals surface area contributed by atoms with E-state index >= 15 is 0 Å². The first-order valence-corrected chi connectivity index (χ1v) is 7.37. The second-order valence-corrected chi connectivity index (χ2v) is 6.10. The SMILES string of the molecule is Cc1nc2ncc(Br)cc2n1CC1CN(CCN)C1. The predicted octanol–water partition coefficient (Wildman–Crippen LogP) is 1.39. The number of nitrogens with zero attached hydrogens (tertiary/aromatic N) is 4. The molecular weight excluding hydrogens is 306 g/mol. The number of likely N-dealkylation sites (tertiary alicyclic amines) is 1. The summed E-state index contributed by atoms with van der Waals surface area (Å²) in [6.45, 7) is 7.09. The lowest BCUT2D eigenvalue weighted by Gasteiger charge is -2.39. The number of hydrogen-bond donors (Lipinski definition) is 1. The summed E-state index contributed by atoms with van der Waals surface area (Å²) >= 11 is 3.48. The van der Waals surface area contributed by atoms with Crippen molar-refractivity contribution in [3.63, 3.8) is 0 Å². The van der Waals surface area contributed by atoms with Crippen molar-refractivity contribution in [2.45, 2.75) is 13.5 Å². The quantitative estimate of drug-likeness (QED) is 0.923. The summed E-state index contributed by atoms with van der Waals surface area (Å²) in [5, 5.41) is 0. The summed E-state index contributed by atoms with van der Waals surface area (Å²) in [6, 6.07) is 2.10. The zero-order valence-electron chi connectivity index (χ0n) is 11.0. The standard InChI is InChI=1S/C13H18BrN5/c1-9-17-13-12(4-11(14)5-16-13)19(9)8-10-6-18(7-10)3-2-15/h4-5,10H,2-3,6-8,15H2,1H3. The Morgan fingerprint density at radius 3 is 3.00 bits per heavy atom. The molecule has 0 saturated carbocycles. The number of hydrogen-bond acceptors (Lipinski definition) is 4. The van der Waals surface area contributed by atoms with E-state index in [1.54, 1.807) is 6.20 Å². The Kier molecular flexibility index (Phi) is 3.56. The van der Waals surface area contributed by atoms with Crippen molar-refractivity contribution < 1.29 is 0 Å². The van der Waals surface area contributed by atoms with Gasteiger partial charge in [0.1, 0.15) is 5.82 Å². The molecule has 3 rings (SSSR count). The molecule has 0 bridgehead atoms. The Hall–Kier alpha value is -0.980. The van der Waals surface area contributed by atoms with Gasteiger partial charge in [0.2, 0.25) is 0 Å². The minimum absolute atomic E-state index is 0.696. The number of rotatable bonds is 4. The van der Waals surface area contributed by atoms with E-state index in [-0.39, 0.29) is 0 Å². The second kappa shape index (κ2) is 5.19. The third-order valence-electron chi connectivity index (χ3n) is 3.68. The zero-order chi connectivity index (χ0) is 13.4. The molecule has 1 aliphatic rings. The molecule has 0 aliphatic carbocycles. The molecule has 0 amide bonds. The molecular formula is C13H18BrN5. The molecule has 2 aromatic heterocycles. The van der Waals surface area contributed by atoms with Gasteiger partial charge in [0, 0.05) is 49.3 Å². The first-order chi connectivity index (χ1) is 9.17. The Bertz CT molecular complexity index is 588. The number of nitrogens with two attached hydrogens (primary N) is 1. The molecule has 2 N–H and O–H groups in total. The number of halogens is 1. The lowest BCUT2D eigenvalue weighted by molar-refractivity contribution is 0.0921. The number of imidazole rings is 1. The van der Waals surface area contributed by atoms with E-state index in [0.717, 1.165) is 54.2 Å². The third kappa shape index (κ3) is 2.52. The molecule has 2 aromatic rings. The number of aromatic nitrogens is 3. The van der Waals surface area contributed by atoms with Crippen molar-refractivity contribution in [3.05, 3.63) is 22.6 Å². The number of fused-ring (bicyclic) bond motifs is 1. The fourth-order valence-corrected chi connectivity index (χ4v) is 3.06. The minimum Gasteiger partial charge on any atom is -0.329 e. The monoisotopic (exact) mass is 323 g/mol. The average molecular weight is 324 g/mol. The zero-order valence-corrected chi connectivity index (χ0v) is 12.6. The highest BCUT2D eigenvalue weighted by Crippen LogP contribution is 2.23. The highest BCUT2D eigenvalue weighted by Gasteiger charge is 2.27. The van der Waals surface area contributed by atoms with Crippen LogP contribution in [0.3, 0.4) is 0 Å². The van der Waals surface area contributed by atoms with Gasteiger partial charge in [0.15, 0.2) is 5.65 Å². The van der Waals surface area contributed by atoms with Crippen LogP contribution in [-0.4, -0.2) is 45.6 Å². The van der Waals surface area contributed by atoms with Crippen molar-refractivity contribution in [3.8, 4) is 0 Å². The molecule has 1 saturated heterocycles. The van der Waals surface area contributed by atoms with E-state index in [1.165, 1.54) is 0 Å². The molecule has 6 heteroatoms. The lowest BCUT2D eigenvalue weighted by Crippen LogP contribution is -2.50. The maximum absolute atomic E-state index is 5.57. The summed E-state index contributed by atoms with van der Waals surface area (Å²) < 4.78 is 3.27. The Balaban J connectivity index is 1.78. The molecule has 1 aliphatic heterocycles. The summed E-state index contributed by atoms with van der Waals surface area (Å²) in [7, 11) is 0. The molecule has 102 valence electrons. The van der Waals surface area contributed by atoms with Crippen molar-refractivity contribution in [1.29, 1.82) is 0 Å². The second-order valence-electron chi connectivity index (χ2n) is 5.18. The van der Waals surface area contributed by atoms with Crippen LogP contribution in [0.15, 0.2) is 16.7 Å². The normalized spacial score (nSPS) is 17.0. The Morgan fingerprint density at radius 1 is 1.47 bits per heavy atom. The molecule has 0 aromatic carbocycles. The topological polar surface area (TPSA) is 60.0 Å². The summed E-state index contributed by atoms with van der Waals surface area (Å²) in [5.41, 5.74) is 7.51. The Labute approximate surface area is 120 Å². The van der Waals surface area contributed by atoms with Gasteiger partial charge in [0.25, 0.3) is 0 Å². The molecule has 1 fully saturated rings. The third-order valence-corrected chi connectivity index (χ3v) is 4.12. The van der Waals surface area contributed by atoms with E-state index in [0.29, 0.717) is 5.92 Å². The molecule has 0 atom stereocenters. The summed E-state index contributed by atoms with van der Waals surface area (Å²) in [5.74, 6) is 1.74. The van der Waals surface area contributed by atoms with Gasteiger partial charge < -0.3 is 15.2 Å². The van der Waals surface area contributed by atoms with Gasteiger partial charge in [-0.25, -0.2) is 9.97 Å². The van der Waals surface area contributed by atoms with Crippen molar-refractivity contribution in [1.82, 2.24) is 19.4 Å². The van der Waals surface area contributed by atoms with Crippen molar-refractivity contribution in [2.75, 3.05) is 26.2 Å². The molecule has 0 radical (unpaired) electrons. The molecule has 3 heterocycles. The molecule has 19 heavy (non-hydrogen) atoms. The smallest absolute Gasteiger partial charge is 0.177 e. The number of pyridine rings is 1. The van der Waals surface area contributed by atoms with Gasteiger partial charge in [-0.05, 0) is 28.9 Å². The van der Waals surface area contributed by atoms with Crippen molar-refractivity contribution in [2.24, 2.45) is 11.7 Å². The van der Waals surface area contributed by atoms with Crippen LogP contribution in [0.4, 0.5) is 0 Å². The predicted molar refractivity (Wildman–Crippen MR) is 78.9 cm³/mol. The Morgan fingerprint density at radius 2 is 2.26 bits per heavy atom. The van der Waals surface area contributed by atoms with Crippen LogP contribution in [-0.2, 0) is 6.54 Å². The van der Waals surface area contributed by atoms with Crippen LogP contribution < -0.4 is 5.73 Å². The van der Waals surface area contributed by atoms with Crippen LogP contribution in [0.2, 0.25) is 0 Å². The summed E-state index contributed by atoms with van der Waals surface area (Å²) in [6.07, 6.45) is 1.80. The van der Waals surface area contributed by atoms with Gasteiger partial charge in [-0.3, -0.25) is 0 Å². The number of aryl methyl sites for hydroxylation is 1. The average Bonchev–Trinajstić information content (AvgIpc) is 2.63. The summed E-state index contributed by atoms with van der Waals surface area (Å²) in [4.78, 5) is 11.3. The minimum atomic E-state index is 0.696. The fourth-order valence-electron chi connectivity index (χ4n) is 2.74. The maximum atomic E-state index is 5.57. The van der Waals surface area contributed by atoms with Gasteiger partial charge in [-0.2, -0.15) is 0 Å². The highest BCUT2D eigenvalue weighted by atomic mass is 79.9. The molecule has 0 unspecified atom stereocenters. The van der Waals surface area contributed by atoms with E-state index in [2.05, 4.69) is 41.4 Å². The van der Waals surface area contributed by atoms with Gasteiger partial charge >= 0.3 is 0 Å². The molecule has 5 nitrogen and oxygen atoms in total. The van der Waals surface area contributed by atoms with Gasteiger partial charge in [-0.1, -0.05) is 0 Å². The largest absolute Gasteiger partial charge is 0.329 e. The lowest BCUT2D eigenvalue weighted by atomic mass is 10.00. The highest BCUT2D eigenvalue weighted by molar-refractivity contribution is 9.10. The first kappa shape index (κ1) is 13.0. The van der Waals surface area contributed by atoms with Crippen LogP contribution in [0.5, 0.6) is 0 Å². The van der Waals surface area contributed by atoms with E-state index in [9.17, 15) is 0 Å². The van der Waals surface area contributed by atoms with E-state index < -0.39 is 0 Å². The first-order valence-electron chi connectivity index (χ1n) is 6.58. The van der Waals surface area contributed by atoms with Crippen LogP contribution >= 0.6 is 15.9 Å². The van der Waals surface area contributed by atoms with Crippen LogP contribution in [0.1, 0.15) is 5.82 Å². The van der Waals surface area contributed by atoms with Crippen LogP contribution in [0, 0.1) is 12.8 Å². The van der Waals surface area contributed by atoms with Gasteiger partial charge in [0.05, 0.1) is 5.52 Å². The van der Waals surface area contributed by atoms with Crippen LogP contribution in [0.25, 0.3) is 11.2 Å². The fraction of sp³-hybridized carbons (Fsp3) is 0.538. The van der Waals surface area contributed by atoms with E-state index in [4.69, 9.17) is 5.73 Å². The van der Waals surface area contributed by atoms with Gasteiger partial charge in [-0.15, -0.1) is 0 Å².